The van der Waals surface area contributed by atoms with Crippen molar-refractivity contribution in [1.29, 1.82) is 0 Å². The molecular weight excluding hydrogens is 288 g/mol. The molecule has 0 bridgehead atoms. The highest BCUT2D eigenvalue weighted by molar-refractivity contribution is 6.30. The molecule has 0 aliphatic rings. The summed E-state index contributed by atoms with van der Waals surface area (Å²) in [6, 6.07) is 6.98. The van der Waals surface area contributed by atoms with Crippen LogP contribution in [0.3, 0.4) is 0 Å². The summed E-state index contributed by atoms with van der Waals surface area (Å²) >= 11 is 5.81. The molecule has 0 aliphatic carbocycles. The molecule has 0 saturated carbocycles. The summed E-state index contributed by atoms with van der Waals surface area (Å²) in [6.45, 7) is 7.50. The van der Waals surface area contributed by atoms with E-state index < -0.39 is 6.10 Å². The summed E-state index contributed by atoms with van der Waals surface area (Å²) in [6.07, 6.45) is -0.540. The normalized spacial score (nSPS) is 13.1. The van der Waals surface area contributed by atoms with E-state index in [1.807, 2.05) is 14.1 Å². The van der Waals surface area contributed by atoms with E-state index in [9.17, 15) is 4.79 Å². The van der Waals surface area contributed by atoms with Crippen molar-refractivity contribution in [3.8, 4) is 5.75 Å². The molecule has 1 atom stereocenters. The van der Waals surface area contributed by atoms with Gasteiger partial charge in [0.25, 0.3) is 5.91 Å². The van der Waals surface area contributed by atoms with Gasteiger partial charge in [0, 0.05) is 18.1 Å². The number of nitrogens with one attached hydrogen (secondary N) is 1. The second-order valence-corrected chi connectivity index (χ2v) is 6.77. The van der Waals surface area contributed by atoms with Gasteiger partial charge in [0.2, 0.25) is 0 Å². The van der Waals surface area contributed by atoms with Crippen LogP contribution in [-0.2, 0) is 4.79 Å². The third-order valence-corrected chi connectivity index (χ3v) is 3.23. The zero-order valence-corrected chi connectivity index (χ0v) is 14.2. The van der Waals surface area contributed by atoms with Gasteiger partial charge in [-0.3, -0.25) is 4.79 Å². The Labute approximate surface area is 132 Å². The molecule has 21 heavy (non-hydrogen) atoms. The molecule has 1 aromatic rings. The lowest BCUT2D eigenvalue weighted by Crippen LogP contribution is -2.44. The summed E-state index contributed by atoms with van der Waals surface area (Å²) in [7, 11) is 4.05. The predicted octanol–water partition coefficient (Wildman–Crippen LogP) is 2.81. The molecule has 0 aromatic heterocycles. The highest BCUT2D eigenvalue weighted by Crippen LogP contribution is 2.17. The fourth-order valence-electron chi connectivity index (χ4n) is 2.15. The number of ether oxygens (including phenoxy) is 1. The van der Waals surface area contributed by atoms with Crippen molar-refractivity contribution < 1.29 is 9.53 Å². The molecule has 0 aliphatic heterocycles. The van der Waals surface area contributed by atoms with E-state index in [-0.39, 0.29) is 11.3 Å². The zero-order chi connectivity index (χ0) is 16.0. The highest BCUT2D eigenvalue weighted by atomic mass is 35.5. The van der Waals surface area contributed by atoms with E-state index in [4.69, 9.17) is 16.3 Å². The van der Waals surface area contributed by atoms with Gasteiger partial charge in [-0.15, -0.1) is 0 Å². The second-order valence-electron chi connectivity index (χ2n) is 6.33. The van der Waals surface area contributed by atoms with Gasteiger partial charge < -0.3 is 15.0 Å². The van der Waals surface area contributed by atoms with Gasteiger partial charge in [-0.05, 0) is 50.7 Å². The van der Waals surface area contributed by atoms with Crippen molar-refractivity contribution in [2.75, 3.05) is 27.2 Å². The molecule has 5 heteroatoms. The van der Waals surface area contributed by atoms with Gasteiger partial charge in [-0.2, -0.15) is 0 Å². The van der Waals surface area contributed by atoms with Crippen molar-refractivity contribution in [1.82, 2.24) is 10.2 Å². The summed E-state index contributed by atoms with van der Waals surface area (Å²) in [4.78, 5) is 14.2. The predicted molar refractivity (Wildman–Crippen MR) is 86.9 cm³/mol. The van der Waals surface area contributed by atoms with Gasteiger partial charge >= 0.3 is 0 Å². The Morgan fingerprint density at radius 1 is 1.33 bits per heavy atom. The molecule has 0 saturated heterocycles. The average Bonchev–Trinajstić information content (AvgIpc) is 2.37. The zero-order valence-electron chi connectivity index (χ0n) is 13.4. The van der Waals surface area contributed by atoms with Crippen LogP contribution in [0.1, 0.15) is 20.8 Å². The van der Waals surface area contributed by atoms with E-state index in [1.165, 1.54) is 0 Å². The molecule has 1 aromatic carbocycles. The average molecular weight is 313 g/mol. The third-order valence-electron chi connectivity index (χ3n) is 2.98. The molecule has 0 radical (unpaired) electrons. The maximum atomic E-state index is 12.1. The van der Waals surface area contributed by atoms with Crippen LogP contribution in [0.4, 0.5) is 0 Å². The summed E-state index contributed by atoms with van der Waals surface area (Å²) in [5, 5.41) is 3.59. The molecule has 118 valence electrons. The van der Waals surface area contributed by atoms with Crippen molar-refractivity contribution >= 4 is 17.5 Å². The number of hydrogen-bond donors (Lipinski definition) is 1. The molecule has 1 rings (SSSR count). The van der Waals surface area contributed by atoms with Crippen LogP contribution in [-0.4, -0.2) is 44.1 Å². The standard InChI is InChI=1S/C16H25ClN2O2/c1-12(21-14-8-6-13(17)7-9-14)15(20)18-10-16(2,3)11-19(4)5/h6-9,12H,10-11H2,1-5H3,(H,18,20). The van der Waals surface area contributed by atoms with Crippen LogP contribution in [0, 0.1) is 5.41 Å². The number of amides is 1. The van der Waals surface area contributed by atoms with Crippen LogP contribution in [0.25, 0.3) is 0 Å². The number of carbonyl (C=O) groups excluding carboxylic acids is 1. The maximum Gasteiger partial charge on any atom is 0.260 e. The van der Waals surface area contributed by atoms with E-state index in [1.54, 1.807) is 31.2 Å². The van der Waals surface area contributed by atoms with Gasteiger partial charge in [0.1, 0.15) is 5.75 Å². The number of nitrogens with zero attached hydrogens (tertiary/aromatic N) is 1. The first kappa shape index (κ1) is 17.8. The minimum atomic E-state index is -0.540. The molecule has 0 heterocycles. The van der Waals surface area contributed by atoms with Crippen molar-refractivity contribution in [2.24, 2.45) is 5.41 Å². The maximum absolute atomic E-state index is 12.1. The van der Waals surface area contributed by atoms with Crippen LogP contribution < -0.4 is 10.1 Å². The van der Waals surface area contributed by atoms with Gasteiger partial charge in [0.05, 0.1) is 0 Å². The van der Waals surface area contributed by atoms with Gasteiger partial charge in [-0.25, -0.2) is 0 Å². The first-order valence-electron chi connectivity index (χ1n) is 7.04. The van der Waals surface area contributed by atoms with Crippen LogP contribution in [0.15, 0.2) is 24.3 Å². The first-order chi connectivity index (χ1) is 9.69. The first-order valence-corrected chi connectivity index (χ1v) is 7.42. The highest BCUT2D eigenvalue weighted by Gasteiger charge is 2.22. The topological polar surface area (TPSA) is 41.6 Å². The van der Waals surface area contributed by atoms with E-state index in [0.29, 0.717) is 17.3 Å². The number of benzene rings is 1. The largest absolute Gasteiger partial charge is 0.481 e. The smallest absolute Gasteiger partial charge is 0.260 e. The molecule has 1 unspecified atom stereocenters. The number of halogens is 1. The van der Waals surface area contributed by atoms with Crippen LogP contribution >= 0.6 is 11.6 Å². The fraction of sp³-hybridized carbons (Fsp3) is 0.562. The van der Waals surface area contributed by atoms with E-state index >= 15 is 0 Å². The van der Waals surface area contributed by atoms with E-state index in [2.05, 4.69) is 24.1 Å². The fourth-order valence-corrected chi connectivity index (χ4v) is 2.28. The van der Waals surface area contributed by atoms with Crippen molar-refractivity contribution in [3.05, 3.63) is 29.3 Å². The van der Waals surface area contributed by atoms with Crippen LogP contribution in [0.5, 0.6) is 5.75 Å². The quantitative estimate of drug-likeness (QED) is 0.842. The molecule has 4 nitrogen and oxygen atoms in total. The SMILES string of the molecule is CC(Oc1ccc(Cl)cc1)C(=O)NCC(C)(C)CN(C)C. The lowest BCUT2D eigenvalue weighted by molar-refractivity contribution is -0.127. The lowest BCUT2D eigenvalue weighted by Gasteiger charge is -2.29. The summed E-state index contributed by atoms with van der Waals surface area (Å²) < 4.78 is 5.60. The van der Waals surface area contributed by atoms with Crippen molar-refractivity contribution in [3.63, 3.8) is 0 Å². The number of hydrogen-bond acceptors (Lipinski definition) is 3. The molecular formula is C16H25ClN2O2. The Hall–Kier alpha value is -1.26. The minimum Gasteiger partial charge on any atom is -0.481 e. The summed E-state index contributed by atoms with van der Waals surface area (Å²) in [5.74, 6) is 0.520. The van der Waals surface area contributed by atoms with E-state index in [0.717, 1.165) is 6.54 Å². The van der Waals surface area contributed by atoms with Crippen LogP contribution in [0.2, 0.25) is 5.02 Å². The third kappa shape index (κ3) is 6.82. The molecule has 0 spiro atoms. The van der Waals surface area contributed by atoms with Gasteiger partial charge in [0.15, 0.2) is 6.10 Å². The second kappa shape index (κ2) is 7.66. The monoisotopic (exact) mass is 312 g/mol. The Bertz CT molecular complexity index is 458. The molecule has 0 fully saturated rings. The van der Waals surface area contributed by atoms with Gasteiger partial charge in [-0.1, -0.05) is 25.4 Å². The number of rotatable bonds is 7. The Morgan fingerprint density at radius 3 is 2.43 bits per heavy atom. The Kier molecular flexibility index (Phi) is 6.49. The van der Waals surface area contributed by atoms with Crippen molar-refractivity contribution in [2.45, 2.75) is 26.9 Å². The number of carbonyl (C=O) groups is 1. The Morgan fingerprint density at radius 2 is 1.90 bits per heavy atom. The molecule has 1 amide bonds. The Balaban J connectivity index is 2.46. The minimum absolute atomic E-state index is 0.0130. The lowest BCUT2D eigenvalue weighted by atomic mass is 9.93. The molecule has 1 N–H and O–H groups in total. The summed E-state index contributed by atoms with van der Waals surface area (Å²) in [5.41, 5.74) is 0.0130.